The number of carbonyl (C=O) groups is 1. The molecule has 0 spiro atoms. The molecule has 4 nitrogen and oxygen atoms in total. The van der Waals surface area contributed by atoms with Crippen molar-refractivity contribution in [2.24, 2.45) is 5.92 Å². The number of rotatable bonds is 0. The van der Waals surface area contributed by atoms with E-state index in [1.165, 1.54) is 0 Å². The summed E-state index contributed by atoms with van der Waals surface area (Å²) in [5.41, 5.74) is -0.397. The second-order valence-corrected chi connectivity index (χ2v) is 5.41. The number of likely N-dealkylation sites (tertiary alicyclic amines) is 1. The number of nitrogens with zero attached hydrogens (tertiary/aromatic N) is 2. The molecule has 86 valence electrons. The summed E-state index contributed by atoms with van der Waals surface area (Å²) in [5.74, 6) is 0.581. The van der Waals surface area contributed by atoms with E-state index in [0.29, 0.717) is 12.0 Å². The molecule has 0 bridgehead atoms. The Balaban J connectivity index is 0.00000128. The number of amides is 1. The number of fused-ring (bicyclic) bond motifs is 1. The minimum Gasteiger partial charge on any atom is -0.658 e. The molecule has 2 aliphatic heterocycles. The second-order valence-electron chi connectivity index (χ2n) is 5.41. The SMILES string of the molecule is CC(C)(C)OC(=O)N1CC2CC[N-]C2C1.[K+]. The first-order chi connectivity index (χ1) is 6.96. The summed E-state index contributed by atoms with van der Waals surface area (Å²) in [5, 5.41) is 4.48. The molecule has 0 aromatic carbocycles. The summed E-state index contributed by atoms with van der Waals surface area (Å²) in [6, 6.07) is 0.373. The van der Waals surface area contributed by atoms with Gasteiger partial charge in [-0.25, -0.2) is 4.79 Å². The molecule has 1 amide bonds. The smallest absolute Gasteiger partial charge is 0.658 e. The van der Waals surface area contributed by atoms with Gasteiger partial charge in [0.2, 0.25) is 0 Å². The van der Waals surface area contributed by atoms with Gasteiger partial charge in [-0.2, -0.15) is 0 Å². The fourth-order valence-electron chi connectivity index (χ4n) is 2.23. The van der Waals surface area contributed by atoms with Crippen LogP contribution in [0.1, 0.15) is 27.2 Å². The monoisotopic (exact) mass is 250 g/mol. The van der Waals surface area contributed by atoms with Crippen molar-refractivity contribution in [3.63, 3.8) is 0 Å². The van der Waals surface area contributed by atoms with Crippen LogP contribution in [0.5, 0.6) is 0 Å². The van der Waals surface area contributed by atoms with Gasteiger partial charge in [0.25, 0.3) is 0 Å². The fourth-order valence-corrected chi connectivity index (χ4v) is 2.23. The molecule has 2 unspecified atom stereocenters. The molecule has 0 aromatic heterocycles. The van der Waals surface area contributed by atoms with Crippen LogP contribution in [0, 0.1) is 5.92 Å². The molecule has 2 heterocycles. The van der Waals surface area contributed by atoms with E-state index in [1.54, 1.807) is 4.90 Å². The summed E-state index contributed by atoms with van der Waals surface area (Å²) in [6.07, 6.45) is 0.941. The van der Waals surface area contributed by atoms with Crippen LogP contribution >= 0.6 is 0 Å². The van der Waals surface area contributed by atoms with Crippen molar-refractivity contribution in [1.29, 1.82) is 0 Å². The van der Waals surface area contributed by atoms with Crippen molar-refractivity contribution in [2.75, 3.05) is 19.6 Å². The van der Waals surface area contributed by atoms with Gasteiger partial charge in [0.15, 0.2) is 0 Å². The normalized spacial score (nSPS) is 28.6. The Morgan fingerprint density at radius 1 is 1.38 bits per heavy atom. The number of carbonyl (C=O) groups excluding carboxylic acids is 1. The van der Waals surface area contributed by atoms with Crippen molar-refractivity contribution in [1.82, 2.24) is 4.90 Å². The van der Waals surface area contributed by atoms with E-state index in [9.17, 15) is 4.79 Å². The van der Waals surface area contributed by atoms with Gasteiger partial charge in [-0.3, -0.25) is 0 Å². The van der Waals surface area contributed by atoms with Crippen LogP contribution in [0.3, 0.4) is 0 Å². The summed E-state index contributed by atoms with van der Waals surface area (Å²) in [7, 11) is 0. The predicted octanol–water partition coefficient (Wildman–Crippen LogP) is -0.997. The van der Waals surface area contributed by atoms with E-state index in [2.05, 4.69) is 5.32 Å². The van der Waals surface area contributed by atoms with Crippen LogP contribution in [0.4, 0.5) is 4.79 Å². The van der Waals surface area contributed by atoms with Gasteiger partial charge in [-0.1, -0.05) is 6.42 Å². The van der Waals surface area contributed by atoms with Crippen LogP contribution < -0.4 is 51.4 Å². The van der Waals surface area contributed by atoms with E-state index < -0.39 is 5.60 Å². The Morgan fingerprint density at radius 3 is 2.62 bits per heavy atom. The van der Waals surface area contributed by atoms with Gasteiger partial charge in [0.05, 0.1) is 0 Å². The summed E-state index contributed by atoms with van der Waals surface area (Å²) < 4.78 is 5.33. The van der Waals surface area contributed by atoms with Gasteiger partial charge in [-0.15, -0.1) is 12.6 Å². The third-order valence-corrected chi connectivity index (χ3v) is 2.92. The van der Waals surface area contributed by atoms with Crippen molar-refractivity contribution in [3.8, 4) is 0 Å². The van der Waals surface area contributed by atoms with E-state index in [4.69, 9.17) is 4.74 Å². The third-order valence-electron chi connectivity index (χ3n) is 2.92. The van der Waals surface area contributed by atoms with E-state index in [0.717, 1.165) is 26.1 Å². The van der Waals surface area contributed by atoms with Crippen LogP contribution in [-0.4, -0.2) is 42.3 Å². The standard InChI is InChI=1S/C11H19N2O2.K/c1-11(2,3)15-10(14)13-6-8-4-5-12-9(8)7-13;/h8-9H,4-7H2,1-3H3;/q-1;+1. The summed E-state index contributed by atoms with van der Waals surface area (Å²) in [4.78, 5) is 13.5. The van der Waals surface area contributed by atoms with Crippen molar-refractivity contribution in [2.45, 2.75) is 38.8 Å². The maximum Gasteiger partial charge on any atom is 1.00 e. The number of ether oxygens (including phenoxy) is 1. The molecule has 2 saturated heterocycles. The molecular formula is C11H19KN2O2. The van der Waals surface area contributed by atoms with Gasteiger partial charge in [0.1, 0.15) is 5.60 Å². The third kappa shape index (κ3) is 3.68. The van der Waals surface area contributed by atoms with Gasteiger partial charge >= 0.3 is 57.5 Å². The van der Waals surface area contributed by atoms with E-state index in [-0.39, 0.29) is 57.5 Å². The molecule has 5 heteroatoms. The average molecular weight is 250 g/mol. The molecule has 0 saturated carbocycles. The van der Waals surface area contributed by atoms with E-state index >= 15 is 0 Å². The summed E-state index contributed by atoms with van der Waals surface area (Å²) >= 11 is 0. The van der Waals surface area contributed by atoms with Crippen molar-refractivity contribution in [3.05, 3.63) is 5.32 Å². The maximum atomic E-state index is 11.8. The van der Waals surface area contributed by atoms with E-state index in [1.807, 2.05) is 20.8 Å². The Bertz CT molecular complexity index is 253. The molecule has 2 rings (SSSR count). The maximum absolute atomic E-state index is 11.8. The fraction of sp³-hybridized carbons (Fsp3) is 0.909. The Kier molecular flexibility index (Phi) is 5.29. The largest absolute Gasteiger partial charge is 1.00 e. The zero-order valence-electron chi connectivity index (χ0n) is 10.7. The first-order valence-electron chi connectivity index (χ1n) is 5.60. The molecular weight excluding hydrogens is 231 g/mol. The Hall–Kier alpha value is 0.866. The molecule has 2 atom stereocenters. The number of hydrogen-bond acceptors (Lipinski definition) is 2. The number of hydrogen-bond donors (Lipinski definition) is 0. The zero-order valence-corrected chi connectivity index (χ0v) is 13.8. The summed E-state index contributed by atoms with van der Waals surface area (Å²) in [6.45, 7) is 8.23. The van der Waals surface area contributed by atoms with Crippen LogP contribution in [0.2, 0.25) is 0 Å². The Labute approximate surface area is 140 Å². The molecule has 0 N–H and O–H groups in total. The molecule has 0 radical (unpaired) electrons. The minimum atomic E-state index is -0.397. The van der Waals surface area contributed by atoms with Crippen LogP contribution in [0.25, 0.3) is 5.32 Å². The Morgan fingerprint density at radius 2 is 2.06 bits per heavy atom. The molecule has 2 aliphatic rings. The average Bonchev–Trinajstić information content (AvgIpc) is 2.56. The first-order valence-corrected chi connectivity index (χ1v) is 5.60. The molecule has 16 heavy (non-hydrogen) atoms. The van der Waals surface area contributed by atoms with Gasteiger partial charge < -0.3 is 15.0 Å². The zero-order chi connectivity index (χ0) is 11.1. The molecule has 0 aliphatic carbocycles. The molecule has 0 aromatic rings. The first kappa shape index (κ1) is 14.9. The second kappa shape index (κ2) is 5.67. The van der Waals surface area contributed by atoms with Crippen molar-refractivity contribution < 1.29 is 60.9 Å². The van der Waals surface area contributed by atoms with Gasteiger partial charge in [-0.05, 0) is 26.7 Å². The van der Waals surface area contributed by atoms with Crippen LogP contribution in [-0.2, 0) is 4.74 Å². The quantitative estimate of drug-likeness (QED) is 0.518. The topological polar surface area (TPSA) is 43.6 Å². The van der Waals surface area contributed by atoms with Crippen molar-refractivity contribution >= 4 is 6.09 Å². The van der Waals surface area contributed by atoms with Crippen LogP contribution in [0.15, 0.2) is 0 Å². The minimum absolute atomic E-state index is 0. The van der Waals surface area contributed by atoms with Gasteiger partial charge in [0, 0.05) is 13.1 Å². The predicted molar refractivity (Wildman–Crippen MR) is 57.9 cm³/mol. The molecule has 2 fully saturated rings.